The maximum absolute atomic E-state index is 10.1. The lowest BCUT2D eigenvalue weighted by atomic mass is 10.1. The van der Waals surface area contributed by atoms with Crippen LogP contribution in [-0.4, -0.2) is 20.1 Å². The van der Waals surface area contributed by atoms with Gasteiger partial charge >= 0.3 is 0 Å². The number of aryl methyl sites for hydroxylation is 2. The second-order valence-electron chi connectivity index (χ2n) is 5.71. The largest absolute Gasteiger partial charge is 0.503 e. The molecule has 0 radical (unpaired) electrons. The second-order valence-corrected chi connectivity index (χ2v) is 5.71. The lowest BCUT2D eigenvalue weighted by Crippen LogP contribution is -1.97. The van der Waals surface area contributed by atoms with Crippen LogP contribution >= 0.6 is 0 Å². The van der Waals surface area contributed by atoms with Gasteiger partial charge in [0, 0.05) is 24.0 Å². The summed E-state index contributed by atoms with van der Waals surface area (Å²) >= 11 is 0. The van der Waals surface area contributed by atoms with Gasteiger partial charge in [-0.3, -0.25) is 4.98 Å². The molecule has 5 heteroatoms. The Balaban J connectivity index is 1.98. The zero-order valence-electron chi connectivity index (χ0n) is 14.0. The van der Waals surface area contributed by atoms with Crippen LogP contribution in [0.3, 0.4) is 0 Å². The van der Waals surface area contributed by atoms with Gasteiger partial charge in [-0.15, -0.1) is 0 Å². The van der Waals surface area contributed by atoms with Gasteiger partial charge in [0.05, 0.1) is 6.20 Å². The monoisotopic (exact) mass is 315 g/mol. The van der Waals surface area contributed by atoms with Crippen LogP contribution in [-0.2, 0) is 6.42 Å². The summed E-state index contributed by atoms with van der Waals surface area (Å²) in [5.41, 5.74) is 0.914. The summed E-state index contributed by atoms with van der Waals surface area (Å²) in [4.78, 5) is 12.3. The second kappa shape index (κ2) is 9.08. The van der Waals surface area contributed by atoms with E-state index in [2.05, 4.69) is 21.9 Å². The lowest BCUT2D eigenvalue weighted by Gasteiger charge is -2.11. The average molecular weight is 315 g/mol. The molecule has 0 spiro atoms. The molecular formula is C18H25N3O2. The molecular weight excluding hydrogens is 290 g/mol. The predicted molar refractivity (Wildman–Crippen MR) is 89.8 cm³/mol. The van der Waals surface area contributed by atoms with Crippen molar-refractivity contribution < 1.29 is 9.84 Å². The van der Waals surface area contributed by atoms with Crippen molar-refractivity contribution in [3.05, 3.63) is 36.0 Å². The number of aromatic hydroxyl groups is 1. The van der Waals surface area contributed by atoms with Gasteiger partial charge in [-0.05, 0) is 19.8 Å². The van der Waals surface area contributed by atoms with Crippen LogP contribution in [0.15, 0.2) is 24.7 Å². The van der Waals surface area contributed by atoms with E-state index >= 15 is 0 Å². The Morgan fingerprint density at radius 1 is 1.09 bits per heavy atom. The topological polar surface area (TPSA) is 68.1 Å². The Morgan fingerprint density at radius 3 is 2.65 bits per heavy atom. The van der Waals surface area contributed by atoms with Gasteiger partial charge in [-0.1, -0.05) is 39.0 Å². The van der Waals surface area contributed by atoms with E-state index in [1.165, 1.54) is 38.3 Å². The van der Waals surface area contributed by atoms with Crippen LogP contribution in [0.25, 0.3) is 0 Å². The predicted octanol–water partition coefficient (Wildman–Crippen LogP) is 4.58. The Kier molecular flexibility index (Phi) is 6.78. The van der Waals surface area contributed by atoms with Gasteiger partial charge in [0.1, 0.15) is 5.82 Å². The molecule has 0 bridgehead atoms. The Hall–Kier alpha value is -2.17. The fraction of sp³-hybridized carbons (Fsp3) is 0.500. The minimum Gasteiger partial charge on any atom is -0.503 e. The third-order valence-electron chi connectivity index (χ3n) is 3.71. The van der Waals surface area contributed by atoms with Crippen molar-refractivity contribution in [1.29, 1.82) is 0 Å². The van der Waals surface area contributed by atoms with E-state index in [1.54, 1.807) is 25.4 Å². The number of nitrogens with zero attached hydrogens (tertiary/aromatic N) is 3. The van der Waals surface area contributed by atoms with E-state index in [0.29, 0.717) is 17.5 Å². The summed E-state index contributed by atoms with van der Waals surface area (Å²) in [6.45, 7) is 4.02. The maximum Gasteiger partial charge on any atom is 0.222 e. The van der Waals surface area contributed by atoms with Crippen molar-refractivity contribution in [1.82, 2.24) is 15.0 Å². The lowest BCUT2D eigenvalue weighted by molar-refractivity contribution is 0.394. The van der Waals surface area contributed by atoms with E-state index in [9.17, 15) is 5.11 Å². The highest BCUT2D eigenvalue weighted by Crippen LogP contribution is 2.33. The molecule has 0 unspecified atom stereocenters. The first kappa shape index (κ1) is 17.2. The van der Waals surface area contributed by atoms with Crippen molar-refractivity contribution in [3.8, 4) is 17.4 Å². The number of ether oxygens (including phenoxy) is 1. The molecule has 0 amide bonds. The molecule has 0 atom stereocenters. The van der Waals surface area contributed by atoms with Crippen LogP contribution < -0.4 is 4.74 Å². The summed E-state index contributed by atoms with van der Waals surface area (Å²) < 4.78 is 5.78. The van der Waals surface area contributed by atoms with Crippen LogP contribution in [0.4, 0.5) is 0 Å². The Labute approximate surface area is 137 Å². The number of aromatic nitrogens is 3. The smallest absolute Gasteiger partial charge is 0.222 e. The van der Waals surface area contributed by atoms with Crippen LogP contribution in [0.1, 0.15) is 56.8 Å². The van der Waals surface area contributed by atoms with Gasteiger partial charge in [0.25, 0.3) is 0 Å². The molecule has 23 heavy (non-hydrogen) atoms. The number of hydrogen-bond acceptors (Lipinski definition) is 5. The summed E-state index contributed by atoms with van der Waals surface area (Å²) in [7, 11) is 0. The van der Waals surface area contributed by atoms with E-state index in [1.807, 2.05) is 0 Å². The highest BCUT2D eigenvalue weighted by molar-refractivity contribution is 5.44. The first-order valence-corrected chi connectivity index (χ1v) is 8.34. The molecule has 0 saturated carbocycles. The van der Waals surface area contributed by atoms with Crippen molar-refractivity contribution in [2.45, 2.75) is 58.8 Å². The number of hydrogen-bond donors (Lipinski definition) is 1. The molecule has 2 aromatic heterocycles. The molecule has 0 aliphatic heterocycles. The van der Waals surface area contributed by atoms with Gasteiger partial charge in [0.2, 0.25) is 5.88 Å². The Bertz CT molecular complexity index is 617. The highest BCUT2D eigenvalue weighted by Gasteiger charge is 2.12. The van der Waals surface area contributed by atoms with Crippen LogP contribution in [0.2, 0.25) is 0 Å². The van der Waals surface area contributed by atoms with E-state index in [0.717, 1.165) is 18.4 Å². The SMILES string of the molecule is CCCCCCCCc1cncc(O)c1Oc1ccnc(C)n1. The Morgan fingerprint density at radius 2 is 1.87 bits per heavy atom. The van der Waals surface area contributed by atoms with Crippen molar-refractivity contribution in [2.24, 2.45) is 0 Å². The zero-order chi connectivity index (χ0) is 16.5. The number of pyridine rings is 1. The zero-order valence-corrected chi connectivity index (χ0v) is 14.0. The fourth-order valence-electron chi connectivity index (χ4n) is 2.47. The highest BCUT2D eigenvalue weighted by atomic mass is 16.5. The van der Waals surface area contributed by atoms with Crippen molar-refractivity contribution in [2.75, 3.05) is 0 Å². The number of rotatable bonds is 9. The molecule has 0 saturated heterocycles. The molecule has 0 aromatic carbocycles. The molecule has 0 fully saturated rings. The first-order chi connectivity index (χ1) is 11.2. The summed E-state index contributed by atoms with van der Waals surface area (Å²) in [6, 6.07) is 1.68. The average Bonchev–Trinajstić information content (AvgIpc) is 2.54. The number of unbranched alkanes of at least 4 members (excludes halogenated alkanes) is 5. The van der Waals surface area contributed by atoms with E-state index in [4.69, 9.17) is 4.74 Å². The quantitative estimate of drug-likeness (QED) is 0.686. The molecule has 2 aromatic rings. The molecule has 0 aliphatic carbocycles. The molecule has 5 nitrogen and oxygen atoms in total. The third-order valence-corrected chi connectivity index (χ3v) is 3.71. The summed E-state index contributed by atoms with van der Waals surface area (Å²) in [5, 5.41) is 10.1. The maximum atomic E-state index is 10.1. The van der Waals surface area contributed by atoms with Crippen molar-refractivity contribution >= 4 is 0 Å². The van der Waals surface area contributed by atoms with Gasteiger partial charge < -0.3 is 9.84 Å². The minimum atomic E-state index is 0.0461. The third kappa shape index (κ3) is 5.51. The standard InChI is InChI=1S/C18H25N3O2/c1-3-4-5-6-7-8-9-15-12-19-13-16(22)18(15)23-17-10-11-20-14(2)21-17/h10-13,22H,3-9H2,1-2H3. The van der Waals surface area contributed by atoms with Crippen LogP contribution in [0, 0.1) is 6.92 Å². The van der Waals surface area contributed by atoms with Gasteiger partial charge in [-0.2, -0.15) is 4.98 Å². The van der Waals surface area contributed by atoms with Gasteiger partial charge in [-0.25, -0.2) is 4.98 Å². The minimum absolute atomic E-state index is 0.0461. The molecule has 2 heterocycles. The van der Waals surface area contributed by atoms with Crippen LogP contribution in [0.5, 0.6) is 17.4 Å². The van der Waals surface area contributed by atoms with E-state index < -0.39 is 0 Å². The molecule has 124 valence electrons. The molecule has 0 aliphatic rings. The fourth-order valence-corrected chi connectivity index (χ4v) is 2.47. The normalized spacial score (nSPS) is 10.7. The van der Waals surface area contributed by atoms with Crippen molar-refractivity contribution in [3.63, 3.8) is 0 Å². The van der Waals surface area contributed by atoms with Gasteiger partial charge in [0.15, 0.2) is 11.5 Å². The summed E-state index contributed by atoms with van der Waals surface area (Å²) in [6.07, 6.45) is 13.0. The molecule has 2 rings (SSSR count). The summed E-state index contributed by atoms with van der Waals surface area (Å²) in [5.74, 6) is 1.56. The first-order valence-electron chi connectivity index (χ1n) is 8.34. The molecule has 1 N–H and O–H groups in total. The van der Waals surface area contributed by atoms with E-state index in [-0.39, 0.29) is 5.75 Å².